The van der Waals surface area contributed by atoms with Gasteiger partial charge in [0.25, 0.3) is 0 Å². The summed E-state index contributed by atoms with van der Waals surface area (Å²) in [5.41, 5.74) is 4.94. The molecule has 4 heterocycles. The molecule has 0 bridgehead atoms. The van der Waals surface area contributed by atoms with Crippen molar-refractivity contribution < 1.29 is 28.1 Å². The number of hydrogen-bond acceptors (Lipinski definition) is 7. The van der Waals surface area contributed by atoms with Gasteiger partial charge < -0.3 is 18.9 Å². The molecule has 2 aromatic rings. The molecule has 2 unspecified atom stereocenters. The minimum absolute atomic E-state index is 0.0168. The zero-order valence-electron chi connectivity index (χ0n) is 28.2. The summed E-state index contributed by atoms with van der Waals surface area (Å²) >= 11 is 0. The lowest BCUT2D eigenvalue weighted by molar-refractivity contribution is -0.161. The van der Waals surface area contributed by atoms with Crippen LogP contribution in [0.25, 0.3) is 0 Å². The van der Waals surface area contributed by atoms with Crippen LogP contribution in [0.2, 0.25) is 0 Å². The molecule has 6 rings (SSSR count). The molecule has 0 saturated carbocycles. The Morgan fingerprint density at radius 1 is 1.09 bits per heavy atom. The van der Waals surface area contributed by atoms with Crippen LogP contribution < -0.4 is 0 Å². The Balaban J connectivity index is 1.09. The lowest BCUT2D eigenvalue weighted by Gasteiger charge is -2.43. The number of hydrogen-bond donors (Lipinski definition) is 0. The van der Waals surface area contributed by atoms with Crippen LogP contribution in [0, 0.1) is 11.2 Å². The van der Waals surface area contributed by atoms with E-state index in [1.807, 2.05) is 26.8 Å². The Labute approximate surface area is 274 Å². The zero-order chi connectivity index (χ0) is 32.1. The van der Waals surface area contributed by atoms with Gasteiger partial charge in [0.15, 0.2) is 0 Å². The molecule has 8 heteroatoms. The van der Waals surface area contributed by atoms with Gasteiger partial charge in [0, 0.05) is 44.3 Å². The number of carbonyl (C=O) groups excluding carboxylic acids is 1. The minimum atomic E-state index is -0.726. The molecular formula is C38H53FN2O5. The highest BCUT2D eigenvalue weighted by atomic mass is 19.1. The third kappa shape index (κ3) is 8.36. The van der Waals surface area contributed by atoms with Crippen LogP contribution in [0.4, 0.5) is 4.39 Å². The second kappa shape index (κ2) is 14.8. The lowest BCUT2D eigenvalue weighted by Crippen LogP contribution is -2.40. The third-order valence-electron chi connectivity index (χ3n) is 10.4. The number of aromatic nitrogens is 1. The number of pyridine rings is 1. The number of fused-ring (bicyclic) bond motifs is 1. The second-order valence-electron chi connectivity index (χ2n) is 15.0. The predicted molar refractivity (Wildman–Crippen MR) is 175 cm³/mol. The molecule has 46 heavy (non-hydrogen) atoms. The topological polar surface area (TPSA) is 70.1 Å². The van der Waals surface area contributed by atoms with Crippen molar-refractivity contribution in [1.82, 2.24) is 9.88 Å². The molecule has 3 aliphatic heterocycles. The van der Waals surface area contributed by atoms with E-state index in [2.05, 4.69) is 17.0 Å². The fourth-order valence-corrected chi connectivity index (χ4v) is 7.77. The molecule has 3 fully saturated rings. The molecule has 7 nitrogen and oxygen atoms in total. The van der Waals surface area contributed by atoms with Gasteiger partial charge in [0.2, 0.25) is 0 Å². The van der Waals surface area contributed by atoms with E-state index in [0.717, 1.165) is 83.0 Å². The molecule has 252 valence electrons. The quantitative estimate of drug-likeness (QED) is 0.201. The fourth-order valence-electron chi connectivity index (χ4n) is 7.77. The van der Waals surface area contributed by atoms with Crippen molar-refractivity contribution in [2.75, 3.05) is 39.5 Å². The number of aryl methyl sites for hydroxylation is 3. The van der Waals surface area contributed by atoms with Gasteiger partial charge in [-0.15, -0.1) is 0 Å². The van der Waals surface area contributed by atoms with Crippen LogP contribution in [0.3, 0.4) is 0 Å². The van der Waals surface area contributed by atoms with Crippen molar-refractivity contribution in [3.63, 3.8) is 0 Å². The number of likely N-dealkylation sites (tertiary alicyclic amines) is 1. The largest absolute Gasteiger partial charge is 0.459 e. The number of ether oxygens (including phenoxy) is 4. The summed E-state index contributed by atoms with van der Waals surface area (Å²) in [6.45, 7) is 9.80. The van der Waals surface area contributed by atoms with E-state index in [-0.39, 0.29) is 29.4 Å². The van der Waals surface area contributed by atoms with Crippen LogP contribution in [-0.4, -0.2) is 67.1 Å². The molecule has 1 spiro atoms. The summed E-state index contributed by atoms with van der Waals surface area (Å²) in [5, 5.41) is 0. The van der Waals surface area contributed by atoms with Gasteiger partial charge in [-0.05, 0) is 138 Å². The van der Waals surface area contributed by atoms with Crippen molar-refractivity contribution >= 4 is 5.97 Å². The van der Waals surface area contributed by atoms with Crippen LogP contribution >= 0.6 is 0 Å². The number of unbranched alkanes of at least 4 members (excludes halogenated alkanes) is 1. The summed E-state index contributed by atoms with van der Waals surface area (Å²) in [6.07, 6.45) is 12.3. The monoisotopic (exact) mass is 636 g/mol. The Kier molecular flexibility index (Phi) is 10.8. The van der Waals surface area contributed by atoms with Crippen LogP contribution in [0.1, 0.15) is 119 Å². The highest BCUT2D eigenvalue weighted by Crippen LogP contribution is 2.45. The number of nitrogens with zero attached hydrogens (tertiary/aromatic N) is 2. The maximum absolute atomic E-state index is 14.9. The average Bonchev–Trinajstić information content (AvgIpc) is 3.49. The van der Waals surface area contributed by atoms with Gasteiger partial charge >= 0.3 is 5.97 Å². The van der Waals surface area contributed by atoms with Gasteiger partial charge in [0.1, 0.15) is 17.5 Å². The molecule has 3 saturated heterocycles. The summed E-state index contributed by atoms with van der Waals surface area (Å²) < 4.78 is 39.3. The first-order valence-corrected chi connectivity index (χ1v) is 17.7. The van der Waals surface area contributed by atoms with Crippen LogP contribution in [0.5, 0.6) is 0 Å². The Morgan fingerprint density at radius 3 is 2.70 bits per heavy atom. The minimum Gasteiger partial charge on any atom is -0.459 e. The molecule has 0 amide bonds. The van der Waals surface area contributed by atoms with Crippen molar-refractivity contribution in [1.29, 1.82) is 0 Å². The Morgan fingerprint density at radius 2 is 1.91 bits per heavy atom. The van der Waals surface area contributed by atoms with Gasteiger partial charge in [-0.1, -0.05) is 12.1 Å². The van der Waals surface area contributed by atoms with Crippen LogP contribution in [0.15, 0.2) is 30.3 Å². The average molecular weight is 637 g/mol. The first-order chi connectivity index (χ1) is 22.2. The summed E-state index contributed by atoms with van der Waals surface area (Å²) in [5.74, 6) is -0.710. The van der Waals surface area contributed by atoms with E-state index in [0.29, 0.717) is 31.9 Å². The van der Waals surface area contributed by atoms with Crippen molar-refractivity contribution in [2.24, 2.45) is 5.41 Å². The molecule has 3 atom stereocenters. The van der Waals surface area contributed by atoms with Gasteiger partial charge in [0.05, 0.1) is 18.8 Å². The van der Waals surface area contributed by atoms with Crippen molar-refractivity contribution in [2.45, 2.75) is 122 Å². The number of carbonyl (C=O) groups is 1. The molecular weight excluding hydrogens is 583 g/mol. The van der Waals surface area contributed by atoms with E-state index in [1.54, 1.807) is 0 Å². The molecule has 0 N–H and O–H groups in total. The number of halogens is 1. The van der Waals surface area contributed by atoms with Gasteiger partial charge in [-0.2, -0.15) is 0 Å². The van der Waals surface area contributed by atoms with Crippen molar-refractivity contribution in [3.05, 3.63) is 64.2 Å². The standard InChI is InChI=1S/C38H53FN2O5/c1-37(2,3)46-36(42)35(32-24-28(39)12-14-31(32)34-15-17-38(26-45-34)18-22-43-23-19-38)41-20-16-30(25-41)44-21-7-6-9-29-13-11-27-8-4-5-10-33(27)40-29/h11-14,24,30,34-35H,4-10,15-23,25-26H2,1-3H3/t30-,34?,35?/m1/s1. The van der Waals surface area contributed by atoms with Crippen molar-refractivity contribution in [3.8, 4) is 0 Å². The molecule has 4 aliphatic rings. The zero-order valence-corrected chi connectivity index (χ0v) is 28.2. The maximum Gasteiger partial charge on any atom is 0.328 e. The van der Waals surface area contributed by atoms with E-state index in [1.165, 1.54) is 41.9 Å². The summed E-state index contributed by atoms with van der Waals surface area (Å²) in [7, 11) is 0. The van der Waals surface area contributed by atoms with Gasteiger partial charge in [-0.3, -0.25) is 9.88 Å². The first kappa shape index (κ1) is 33.5. The Hall–Kier alpha value is -2.39. The molecule has 1 aromatic heterocycles. The first-order valence-electron chi connectivity index (χ1n) is 17.7. The molecule has 1 aliphatic carbocycles. The fraction of sp³-hybridized carbons (Fsp3) is 0.684. The lowest BCUT2D eigenvalue weighted by atomic mass is 9.74. The summed E-state index contributed by atoms with van der Waals surface area (Å²) in [6, 6.07) is 8.57. The Bertz CT molecular complexity index is 1330. The molecule has 0 radical (unpaired) electrons. The van der Waals surface area contributed by atoms with Crippen LogP contribution in [-0.2, 0) is 43.0 Å². The maximum atomic E-state index is 14.9. The van der Waals surface area contributed by atoms with E-state index < -0.39 is 11.6 Å². The van der Waals surface area contributed by atoms with Gasteiger partial charge in [-0.25, -0.2) is 9.18 Å². The smallest absolute Gasteiger partial charge is 0.328 e. The van der Waals surface area contributed by atoms with E-state index >= 15 is 0 Å². The second-order valence-corrected chi connectivity index (χ2v) is 15.0. The SMILES string of the molecule is CC(C)(C)OC(=O)C(c1cc(F)ccc1C1CCC2(CCOCC2)CO1)N1CC[C@@H](OCCCCc2ccc3c(n2)CCCC3)C1. The summed E-state index contributed by atoms with van der Waals surface area (Å²) in [4.78, 5) is 20.9. The van der Waals surface area contributed by atoms with E-state index in [4.69, 9.17) is 23.9 Å². The number of rotatable bonds is 10. The number of esters is 1. The number of benzene rings is 1. The normalized spacial score (nSPS) is 24.1. The third-order valence-corrected chi connectivity index (χ3v) is 10.4. The highest BCUT2D eigenvalue weighted by molar-refractivity contribution is 5.79. The predicted octanol–water partition coefficient (Wildman–Crippen LogP) is 7.24. The molecule has 1 aromatic carbocycles. The highest BCUT2D eigenvalue weighted by Gasteiger charge is 2.42. The van der Waals surface area contributed by atoms with E-state index in [9.17, 15) is 9.18 Å².